The number of hydrogen-bond donors (Lipinski definition) is 1. The summed E-state index contributed by atoms with van der Waals surface area (Å²) >= 11 is 0. The fraction of sp³-hybridized carbons (Fsp3) is 0.500. The van der Waals surface area contributed by atoms with Gasteiger partial charge in [0.25, 0.3) is 0 Å². The maximum atomic E-state index is 12.6. The third-order valence-corrected chi connectivity index (χ3v) is 5.28. The van der Waals surface area contributed by atoms with E-state index in [1.807, 2.05) is 0 Å². The standard InChI is InChI=1S/C14H21NO6S.Na.H/c1-10-7-12(20-4)8-11(2)14(10)22(18,19)15(3)5-6-21-9-13(16)17;;/h7-8H,5-6,9H2,1-4H3,(H,16,17);;/q;+1;-1. The van der Waals surface area contributed by atoms with Gasteiger partial charge in [0.15, 0.2) is 0 Å². The molecule has 0 atom stereocenters. The molecule has 0 unspecified atom stereocenters. The number of methoxy groups -OCH3 is 1. The minimum Gasteiger partial charge on any atom is -1.00 e. The number of aliphatic carboxylic acids is 1. The van der Waals surface area contributed by atoms with Gasteiger partial charge in [0.1, 0.15) is 12.4 Å². The van der Waals surface area contributed by atoms with Gasteiger partial charge in [-0.1, -0.05) is 0 Å². The summed E-state index contributed by atoms with van der Waals surface area (Å²) in [6.45, 7) is 3.04. The molecule has 0 saturated carbocycles. The van der Waals surface area contributed by atoms with Crippen LogP contribution in [0.15, 0.2) is 17.0 Å². The van der Waals surface area contributed by atoms with Gasteiger partial charge in [-0.3, -0.25) is 0 Å². The molecule has 0 aliphatic carbocycles. The maximum Gasteiger partial charge on any atom is 1.00 e. The topological polar surface area (TPSA) is 93.1 Å². The number of sulfonamides is 1. The van der Waals surface area contributed by atoms with Crippen molar-refractivity contribution in [3.8, 4) is 5.75 Å². The van der Waals surface area contributed by atoms with Crippen LogP contribution in [0.3, 0.4) is 0 Å². The number of ether oxygens (including phenoxy) is 2. The van der Waals surface area contributed by atoms with Gasteiger partial charge in [-0.05, 0) is 37.1 Å². The van der Waals surface area contributed by atoms with Crippen LogP contribution in [0.5, 0.6) is 5.75 Å². The monoisotopic (exact) mass is 355 g/mol. The zero-order chi connectivity index (χ0) is 16.9. The molecule has 0 spiro atoms. The zero-order valence-corrected chi connectivity index (χ0v) is 16.9. The summed E-state index contributed by atoms with van der Waals surface area (Å²) in [5.74, 6) is -0.492. The van der Waals surface area contributed by atoms with Crippen LogP contribution in [0.1, 0.15) is 12.6 Å². The summed E-state index contributed by atoms with van der Waals surface area (Å²) in [5.41, 5.74) is 1.19. The molecular weight excluding hydrogens is 333 g/mol. The van der Waals surface area contributed by atoms with Crippen molar-refractivity contribution in [2.24, 2.45) is 0 Å². The second kappa shape index (κ2) is 9.61. The quantitative estimate of drug-likeness (QED) is 0.435. The molecule has 1 aromatic rings. The predicted octanol–water partition coefficient (Wildman–Crippen LogP) is -1.85. The fourth-order valence-electron chi connectivity index (χ4n) is 2.06. The second-order valence-electron chi connectivity index (χ2n) is 4.86. The minimum absolute atomic E-state index is 0. The van der Waals surface area contributed by atoms with Crippen LogP contribution >= 0.6 is 0 Å². The van der Waals surface area contributed by atoms with E-state index in [1.54, 1.807) is 26.0 Å². The maximum absolute atomic E-state index is 12.6. The van der Waals surface area contributed by atoms with Crippen molar-refractivity contribution in [2.45, 2.75) is 18.7 Å². The first-order valence-electron chi connectivity index (χ1n) is 6.61. The van der Waals surface area contributed by atoms with Gasteiger partial charge in [0.2, 0.25) is 10.0 Å². The van der Waals surface area contributed by atoms with Crippen LogP contribution in [0, 0.1) is 13.8 Å². The van der Waals surface area contributed by atoms with Gasteiger partial charge in [0.05, 0.1) is 18.6 Å². The van der Waals surface area contributed by atoms with Crippen LogP contribution in [-0.4, -0.2) is 57.7 Å². The van der Waals surface area contributed by atoms with Crippen LogP contribution in [0.2, 0.25) is 0 Å². The van der Waals surface area contributed by atoms with Crippen molar-refractivity contribution in [1.29, 1.82) is 0 Å². The van der Waals surface area contributed by atoms with E-state index >= 15 is 0 Å². The number of carbonyl (C=O) groups is 1. The summed E-state index contributed by atoms with van der Waals surface area (Å²) < 4.78 is 36.4. The number of nitrogens with zero attached hydrogens (tertiary/aromatic N) is 1. The average Bonchev–Trinajstić information content (AvgIpc) is 2.41. The van der Waals surface area contributed by atoms with Gasteiger partial charge >= 0.3 is 35.5 Å². The molecule has 0 amide bonds. The van der Waals surface area contributed by atoms with E-state index in [4.69, 9.17) is 14.6 Å². The van der Waals surface area contributed by atoms with Crippen LogP contribution in [0.25, 0.3) is 0 Å². The smallest absolute Gasteiger partial charge is 1.00 e. The number of hydrogen-bond acceptors (Lipinski definition) is 5. The third kappa shape index (κ3) is 6.06. The zero-order valence-electron chi connectivity index (χ0n) is 15.1. The Balaban J connectivity index is 0. The Morgan fingerprint density at radius 1 is 1.30 bits per heavy atom. The molecule has 7 nitrogen and oxygen atoms in total. The van der Waals surface area contributed by atoms with Crippen LogP contribution in [0.4, 0.5) is 0 Å². The van der Waals surface area contributed by atoms with E-state index in [1.165, 1.54) is 14.2 Å². The molecule has 1 aromatic carbocycles. The van der Waals surface area contributed by atoms with Crippen molar-refractivity contribution >= 4 is 16.0 Å². The molecule has 0 aromatic heterocycles. The first-order valence-corrected chi connectivity index (χ1v) is 8.05. The van der Waals surface area contributed by atoms with E-state index < -0.39 is 22.6 Å². The van der Waals surface area contributed by atoms with Gasteiger partial charge in [-0.2, -0.15) is 4.31 Å². The Labute approximate surface area is 160 Å². The predicted molar refractivity (Wildman–Crippen MR) is 81.9 cm³/mol. The molecule has 0 fully saturated rings. The summed E-state index contributed by atoms with van der Waals surface area (Å²) in [7, 11) is -0.720. The molecule has 1 N–H and O–H groups in total. The largest absolute Gasteiger partial charge is 1.00 e. The van der Waals surface area contributed by atoms with Crippen LogP contribution in [-0.2, 0) is 19.6 Å². The van der Waals surface area contributed by atoms with E-state index in [-0.39, 0.29) is 49.0 Å². The molecule has 0 radical (unpaired) electrons. The average molecular weight is 355 g/mol. The summed E-state index contributed by atoms with van der Waals surface area (Å²) in [6.07, 6.45) is 0. The van der Waals surface area contributed by atoms with E-state index in [9.17, 15) is 13.2 Å². The molecule has 0 heterocycles. The van der Waals surface area contributed by atoms with Gasteiger partial charge in [-0.25, -0.2) is 13.2 Å². The molecule has 9 heteroatoms. The third-order valence-electron chi connectivity index (χ3n) is 3.11. The second-order valence-corrected chi connectivity index (χ2v) is 6.84. The normalized spacial score (nSPS) is 11.2. The Morgan fingerprint density at radius 2 is 1.83 bits per heavy atom. The summed E-state index contributed by atoms with van der Waals surface area (Å²) in [4.78, 5) is 10.6. The number of benzene rings is 1. The van der Waals surface area contributed by atoms with Crippen molar-refractivity contribution in [2.75, 3.05) is 33.9 Å². The number of rotatable bonds is 8. The Kier molecular flexibility index (Phi) is 9.34. The van der Waals surface area contributed by atoms with Crippen molar-refractivity contribution in [3.63, 3.8) is 0 Å². The number of likely N-dealkylation sites (N-methyl/N-ethyl adjacent to an activating group) is 1. The molecule has 0 aliphatic heterocycles. The van der Waals surface area contributed by atoms with Crippen molar-refractivity contribution in [1.82, 2.24) is 4.31 Å². The summed E-state index contributed by atoms with van der Waals surface area (Å²) in [6, 6.07) is 3.32. The van der Waals surface area contributed by atoms with Gasteiger partial charge < -0.3 is 16.0 Å². The Morgan fingerprint density at radius 3 is 2.26 bits per heavy atom. The first-order chi connectivity index (χ1) is 10.2. The summed E-state index contributed by atoms with van der Waals surface area (Å²) in [5, 5.41) is 8.47. The SMILES string of the molecule is COc1cc(C)c(S(=O)(=O)N(C)CCOCC(=O)O)c(C)c1.[H-].[Na+]. The molecule has 1 rings (SSSR count). The number of aryl methyl sites for hydroxylation is 2. The molecule has 0 aliphatic rings. The molecule has 126 valence electrons. The van der Waals surface area contributed by atoms with E-state index in [0.29, 0.717) is 16.9 Å². The fourth-order valence-corrected chi connectivity index (χ4v) is 3.62. The molecule has 0 saturated heterocycles. The van der Waals surface area contributed by atoms with E-state index in [2.05, 4.69) is 0 Å². The molecule has 23 heavy (non-hydrogen) atoms. The number of carboxylic acids is 1. The Hall–Kier alpha value is -0.640. The van der Waals surface area contributed by atoms with Crippen molar-refractivity contribution < 1.29 is 58.8 Å². The van der Waals surface area contributed by atoms with Crippen LogP contribution < -0.4 is 34.3 Å². The van der Waals surface area contributed by atoms with E-state index in [0.717, 1.165) is 4.31 Å². The first kappa shape index (κ1) is 22.4. The molecular formula is C14H22NNaO6S. The van der Waals surface area contributed by atoms with Crippen molar-refractivity contribution in [3.05, 3.63) is 23.3 Å². The Bertz CT molecular complexity index is 630. The number of carboxylic acid groups (broad SMARTS) is 1. The van der Waals surface area contributed by atoms with Gasteiger partial charge in [0, 0.05) is 13.6 Å². The molecule has 0 bridgehead atoms. The minimum atomic E-state index is -3.68. The van der Waals surface area contributed by atoms with Gasteiger partial charge in [-0.15, -0.1) is 0 Å².